The van der Waals surface area contributed by atoms with E-state index in [1.54, 1.807) is 12.2 Å². The van der Waals surface area contributed by atoms with Crippen molar-refractivity contribution < 1.29 is 14.4 Å². The highest BCUT2D eigenvalue weighted by Gasteiger charge is 2.59. The van der Waals surface area contributed by atoms with Gasteiger partial charge in [0.05, 0.1) is 0 Å². The molecule has 0 aromatic rings. The summed E-state index contributed by atoms with van der Waals surface area (Å²) in [6.45, 7) is 4.33. The molecule has 0 aromatic carbocycles. The number of Topliss-reactive ketones (excluding diaryl/α,β-unsaturated/α-hetero) is 1. The van der Waals surface area contributed by atoms with Gasteiger partial charge in [-0.2, -0.15) is 0 Å². The lowest BCUT2D eigenvalue weighted by molar-refractivity contribution is -0.132. The van der Waals surface area contributed by atoms with Gasteiger partial charge in [0.15, 0.2) is 5.78 Å². The average molecular weight is 312 g/mol. The molecule has 0 N–H and O–H groups in total. The summed E-state index contributed by atoms with van der Waals surface area (Å²) in [4.78, 5) is 36.0. The molecule has 3 nitrogen and oxygen atoms in total. The van der Waals surface area contributed by atoms with Crippen molar-refractivity contribution in [3.05, 3.63) is 23.8 Å². The van der Waals surface area contributed by atoms with Crippen LogP contribution in [0, 0.1) is 34.5 Å². The van der Waals surface area contributed by atoms with Crippen LogP contribution in [-0.2, 0) is 14.4 Å². The number of rotatable bonds is 1. The van der Waals surface area contributed by atoms with Gasteiger partial charge in [0, 0.05) is 23.2 Å². The molecule has 3 saturated carbocycles. The number of carbonyl (C=O) groups excluding carboxylic acids is 3. The molecule has 0 bridgehead atoms. The smallest absolute Gasteiger partial charge is 0.178 e. The number of aldehydes is 1. The van der Waals surface area contributed by atoms with Crippen molar-refractivity contribution in [1.82, 2.24) is 0 Å². The molecule has 0 spiro atoms. The Morgan fingerprint density at radius 2 is 1.96 bits per heavy atom. The second kappa shape index (κ2) is 4.75. The fourth-order valence-corrected chi connectivity index (χ4v) is 6.23. The fraction of sp³-hybridized carbons (Fsp3) is 0.650. The van der Waals surface area contributed by atoms with E-state index in [0.29, 0.717) is 30.0 Å². The molecule has 4 aliphatic carbocycles. The lowest BCUT2D eigenvalue weighted by Gasteiger charge is -2.56. The minimum atomic E-state index is -0.199. The topological polar surface area (TPSA) is 51.2 Å². The lowest BCUT2D eigenvalue weighted by atomic mass is 9.47. The Bertz CT molecular complexity index is 658. The molecule has 3 fully saturated rings. The first-order valence-corrected chi connectivity index (χ1v) is 8.84. The maximum atomic E-state index is 12.4. The van der Waals surface area contributed by atoms with E-state index >= 15 is 0 Å². The van der Waals surface area contributed by atoms with Gasteiger partial charge in [0.1, 0.15) is 12.1 Å². The minimum absolute atomic E-state index is 0.000494. The van der Waals surface area contributed by atoms with Gasteiger partial charge in [-0.05, 0) is 61.2 Å². The van der Waals surface area contributed by atoms with Crippen molar-refractivity contribution in [3.63, 3.8) is 0 Å². The maximum absolute atomic E-state index is 12.4. The third-order valence-electron chi connectivity index (χ3n) is 7.52. The van der Waals surface area contributed by atoms with Gasteiger partial charge in [0.2, 0.25) is 0 Å². The van der Waals surface area contributed by atoms with E-state index in [1.807, 2.05) is 6.08 Å². The van der Waals surface area contributed by atoms with Gasteiger partial charge < -0.3 is 4.79 Å². The molecule has 0 saturated heterocycles. The molecule has 4 aliphatic rings. The standard InChI is InChI=1S/C20H24O3/c1-19-7-5-13(22)10-17(19)12(11-21)9-14-15-3-4-18(23)20(15,2)8-6-16(14)19/h5,7,10-12,14-16H,3-4,6,8-9H2,1-2H3/t12-,14-,15-,16-,19+,20-/m0/s1. The number of fused-ring (bicyclic) bond motifs is 5. The van der Waals surface area contributed by atoms with Crippen molar-refractivity contribution in [3.8, 4) is 0 Å². The Hall–Kier alpha value is -1.51. The number of carbonyl (C=O) groups is 3. The van der Waals surface area contributed by atoms with E-state index in [2.05, 4.69) is 13.8 Å². The van der Waals surface area contributed by atoms with Crippen molar-refractivity contribution in [2.24, 2.45) is 34.5 Å². The SMILES string of the molecule is C[C@]12C=CC(=O)C=C1[C@H](C=O)C[C@@H]1[C@@H]2CC[C@]2(C)C(=O)CC[C@@H]12. The normalized spacial score (nSPS) is 48.3. The van der Waals surface area contributed by atoms with Gasteiger partial charge in [-0.15, -0.1) is 0 Å². The Morgan fingerprint density at radius 1 is 1.17 bits per heavy atom. The molecule has 23 heavy (non-hydrogen) atoms. The van der Waals surface area contributed by atoms with Gasteiger partial charge in [0.25, 0.3) is 0 Å². The first kappa shape index (κ1) is 15.0. The molecule has 3 heteroatoms. The highest BCUT2D eigenvalue weighted by molar-refractivity contribution is 6.01. The molecule has 0 aliphatic heterocycles. The van der Waals surface area contributed by atoms with Gasteiger partial charge in [-0.25, -0.2) is 0 Å². The summed E-state index contributed by atoms with van der Waals surface area (Å²) in [5.41, 5.74) is 0.629. The van der Waals surface area contributed by atoms with E-state index in [0.717, 1.165) is 37.5 Å². The van der Waals surface area contributed by atoms with Crippen molar-refractivity contribution >= 4 is 17.9 Å². The highest BCUT2D eigenvalue weighted by Crippen LogP contribution is 2.64. The molecule has 0 unspecified atom stereocenters. The van der Waals surface area contributed by atoms with E-state index in [-0.39, 0.29) is 22.5 Å². The first-order valence-electron chi connectivity index (χ1n) is 8.84. The average Bonchev–Trinajstić information content (AvgIpc) is 2.83. The zero-order valence-electron chi connectivity index (χ0n) is 13.9. The van der Waals surface area contributed by atoms with Crippen LogP contribution >= 0.6 is 0 Å². The van der Waals surface area contributed by atoms with E-state index in [4.69, 9.17) is 0 Å². The molecule has 122 valence electrons. The summed E-state index contributed by atoms with van der Waals surface area (Å²) < 4.78 is 0. The summed E-state index contributed by atoms with van der Waals surface area (Å²) in [7, 11) is 0. The minimum Gasteiger partial charge on any atom is -0.303 e. The Kier molecular flexibility index (Phi) is 3.11. The summed E-state index contributed by atoms with van der Waals surface area (Å²) in [5, 5.41) is 0. The van der Waals surface area contributed by atoms with Crippen LogP contribution in [0.5, 0.6) is 0 Å². The fourth-order valence-electron chi connectivity index (χ4n) is 6.23. The number of hydrogen-bond donors (Lipinski definition) is 0. The molecular weight excluding hydrogens is 288 g/mol. The quantitative estimate of drug-likeness (QED) is 0.698. The largest absolute Gasteiger partial charge is 0.303 e. The highest BCUT2D eigenvalue weighted by atomic mass is 16.1. The van der Waals surface area contributed by atoms with Crippen molar-refractivity contribution in [2.45, 2.75) is 46.0 Å². The van der Waals surface area contributed by atoms with Crippen LogP contribution in [0.15, 0.2) is 23.8 Å². The van der Waals surface area contributed by atoms with Crippen LogP contribution in [-0.4, -0.2) is 17.9 Å². The summed E-state index contributed by atoms with van der Waals surface area (Å²) in [6.07, 6.45) is 10.9. The zero-order chi connectivity index (χ0) is 16.4. The number of ketones is 2. The third kappa shape index (κ3) is 1.85. The number of allylic oxidation sites excluding steroid dienone is 4. The van der Waals surface area contributed by atoms with E-state index in [9.17, 15) is 14.4 Å². The maximum Gasteiger partial charge on any atom is 0.178 e. The molecule has 0 radical (unpaired) electrons. The van der Waals surface area contributed by atoms with Crippen LogP contribution < -0.4 is 0 Å². The molecular formula is C20H24O3. The molecule has 4 rings (SSSR count). The van der Waals surface area contributed by atoms with Crippen LogP contribution in [0.25, 0.3) is 0 Å². The van der Waals surface area contributed by atoms with Crippen LogP contribution in [0.2, 0.25) is 0 Å². The second-order valence-electron chi connectivity index (χ2n) is 8.39. The molecule has 0 amide bonds. The van der Waals surface area contributed by atoms with Crippen LogP contribution in [0.4, 0.5) is 0 Å². The summed E-state index contributed by atoms with van der Waals surface area (Å²) >= 11 is 0. The Balaban J connectivity index is 1.78. The van der Waals surface area contributed by atoms with E-state index < -0.39 is 0 Å². The monoisotopic (exact) mass is 312 g/mol. The zero-order valence-corrected chi connectivity index (χ0v) is 13.9. The molecule has 0 heterocycles. The van der Waals surface area contributed by atoms with Gasteiger partial charge >= 0.3 is 0 Å². The van der Waals surface area contributed by atoms with Crippen LogP contribution in [0.3, 0.4) is 0 Å². The number of hydrogen-bond acceptors (Lipinski definition) is 3. The Morgan fingerprint density at radius 3 is 2.70 bits per heavy atom. The lowest BCUT2D eigenvalue weighted by Crippen LogP contribution is -2.52. The predicted molar refractivity (Wildman–Crippen MR) is 86.6 cm³/mol. The molecule has 6 atom stereocenters. The molecule has 0 aromatic heterocycles. The second-order valence-corrected chi connectivity index (χ2v) is 8.39. The predicted octanol–water partition coefficient (Wildman–Crippen LogP) is 3.29. The Labute approximate surface area is 137 Å². The van der Waals surface area contributed by atoms with E-state index in [1.165, 1.54) is 0 Å². The van der Waals surface area contributed by atoms with Gasteiger partial charge in [-0.3, -0.25) is 9.59 Å². The third-order valence-corrected chi connectivity index (χ3v) is 7.52. The van der Waals surface area contributed by atoms with Crippen molar-refractivity contribution in [1.29, 1.82) is 0 Å². The summed E-state index contributed by atoms with van der Waals surface area (Å²) in [6, 6.07) is 0. The van der Waals surface area contributed by atoms with Crippen LogP contribution in [0.1, 0.15) is 46.0 Å². The van der Waals surface area contributed by atoms with Gasteiger partial charge in [-0.1, -0.05) is 19.9 Å². The van der Waals surface area contributed by atoms with Crippen molar-refractivity contribution in [2.75, 3.05) is 0 Å². The first-order chi connectivity index (χ1) is 10.9. The summed E-state index contributed by atoms with van der Waals surface area (Å²) in [5.74, 6) is 1.51.